The van der Waals surface area contributed by atoms with Gasteiger partial charge in [-0.25, -0.2) is 15.0 Å². The largest absolute Gasteiger partial charge is 0.414 e. The van der Waals surface area contributed by atoms with Crippen LogP contribution in [0.25, 0.3) is 11.2 Å². The molecule has 1 aliphatic carbocycles. The number of hydrogen-bond acceptors (Lipinski definition) is 8. The minimum absolute atomic E-state index is 0.00630. The zero-order chi connectivity index (χ0) is 33.8. The van der Waals surface area contributed by atoms with Gasteiger partial charge < -0.3 is 23.3 Å². The molecule has 2 aromatic rings. The van der Waals surface area contributed by atoms with Gasteiger partial charge in [0, 0.05) is 6.04 Å². The van der Waals surface area contributed by atoms with Crippen molar-refractivity contribution in [3.63, 3.8) is 0 Å². The second kappa shape index (κ2) is 12.7. The fraction of sp³-hybridized carbons (Fsp3) is 0.848. The maximum absolute atomic E-state index is 7.35. The Morgan fingerprint density at radius 2 is 1.31 bits per heavy atom. The van der Waals surface area contributed by atoms with Gasteiger partial charge in [-0.05, 0) is 67.2 Å². The Labute approximate surface area is 276 Å². The van der Waals surface area contributed by atoms with Crippen LogP contribution in [-0.4, -0.2) is 75.4 Å². The highest BCUT2D eigenvalue weighted by Gasteiger charge is 2.55. The lowest BCUT2D eigenvalue weighted by molar-refractivity contribution is -0.0470. The summed E-state index contributed by atoms with van der Waals surface area (Å²) in [5.74, 6) is 0.789. The molecule has 256 valence electrons. The summed E-state index contributed by atoms with van der Waals surface area (Å²) >= 11 is 0. The van der Waals surface area contributed by atoms with E-state index in [0.29, 0.717) is 12.6 Å². The number of ether oxygens (including phenoxy) is 1. The van der Waals surface area contributed by atoms with Gasteiger partial charge in [0.15, 0.2) is 48.2 Å². The standard InChI is InChI=1S/C33H63N5O4Si3/c1-31(2,3)43(10,11)39-20-24-26(41-44(12,13)32(4,5)6)27(42-45(14,15)33(7,8)9)30(40-24)38-22-36-25-28(34-21-35-29(25)38)37-23-18-16-17-19-23/h21-24,26-27,30H,16-20H2,1-15H3,(H,34,35,37)/t24-,26-,27-,30-/m1/s1. The Hall–Kier alpha value is -1.16. The van der Waals surface area contributed by atoms with Crippen LogP contribution >= 0.6 is 0 Å². The van der Waals surface area contributed by atoms with Gasteiger partial charge in [-0.2, -0.15) is 0 Å². The zero-order valence-electron chi connectivity index (χ0n) is 31.0. The van der Waals surface area contributed by atoms with E-state index in [0.717, 1.165) is 29.8 Å². The zero-order valence-corrected chi connectivity index (χ0v) is 34.0. The quantitative estimate of drug-likeness (QED) is 0.249. The van der Waals surface area contributed by atoms with Crippen LogP contribution in [-0.2, 0) is 18.0 Å². The fourth-order valence-electron chi connectivity index (χ4n) is 5.28. The monoisotopic (exact) mass is 677 g/mol. The molecule has 1 N–H and O–H groups in total. The molecule has 4 rings (SSSR count). The smallest absolute Gasteiger partial charge is 0.192 e. The van der Waals surface area contributed by atoms with E-state index >= 15 is 0 Å². The number of aromatic nitrogens is 4. The molecule has 2 aromatic heterocycles. The van der Waals surface area contributed by atoms with E-state index in [1.54, 1.807) is 6.33 Å². The first kappa shape index (κ1) is 36.7. The van der Waals surface area contributed by atoms with Crippen molar-refractivity contribution in [3.8, 4) is 0 Å². The number of hydrogen-bond donors (Lipinski definition) is 1. The first-order chi connectivity index (χ1) is 20.5. The summed E-state index contributed by atoms with van der Waals surface area (Å²) in [4.78, 5) is 14.2. The number of anilines is 1. The molecule has 0 bridgehead atoms. The summed E-state index contributed by atoms with van der Waals surface area (Å²) < 4.78 is 30.6. The van der Waals surface area contributed by atoms with E-state index in [4.69, 9.17) is 28.0 Å². The molecule has 0 radical (unpaired) electrons. The molecule has 45 heavy (non-hydrogen) atoms. The van der Waals surface area contributed by atoms with Gasteiger partial charge in [-0.1, -0.05) is 75.2 Å². The van der Waals surface area contributed by atoms with Crippen LogP contribution in [0.5, 0.6) is 0 Å². The minimum Gasteiger partial charge on any atom is -0.414 e. The first-order valence-electron chi connectivity index (χ1n) is 17.0. The molecule has 0 amide bonds. The molecule has 0 aromatic carbocycles. The van der Waals surface area contributed by atoms with Crippen LogP contribution in [0.15, 0.2) is 12.7 Å². The van der Waals surface area contributed by atoms with Crippen molar-refractivity contribution in [3.05, 3.63) is 12.7 Å². The van der Waals surface area contributed by atoms with E-state index in [9.17, 15) is 0 Å². The van der Waals surface area contributed by atoms with Crippen molar-refractivity contribution in [2.45, 2.75) is 173 Å². The summed E-state index contributed by atoms with van der Waals surface area (Å²) in [6.45, 7) is 34.9. The lowest BCUT2D eigenvalue weighted by Gasteiger charge is -2.44. The van der Waals surface area contributed by atoms with E-state index in [1.807, 2.05) is 6.33 Å². The van der Waals surface area contributed by atoms with Crippen LogP contribution in [0.3, 0.4) is 0 Å². The average Bonchev–Trinajstić information content (AvgIpc) is 3.61. The van der Waals surface area contributed by atoms with Gasteiger partial charge >= 0.3 is 0 Å². The summed E-state index contributed by atoms with van der Waals surface area (Å²) in [6, 6.07) is 0.421. The van der Waals surface area contributed by atoms with Crippen molar-refractivity contribution in [1.82, 2.24) is 19.5 Å². The third-order valence-electron chi connectivity index (χ3n) is 11.5. The summed E-state index contributed by atoms with van der Waals surface area (Å²) in [5.41, 5.74) is 1.51. The Balaban J connectivity index is 1.80. The SMILES string of the molecule is CC(C)(C)[Si](C)(C)OC[C@H]1O[C@@H](n2cnc3c(NC4CCCC4)ncnc32)[C@H](O[Si](C)(C)C(C)(C)C)[C@@H]1O[Si](C)(C)C(C)(C)C. The topological polar surface area (TPSA) is 92.6 Å². The molecule has 1 aliphatic heterocycles. The predicted molar refractivity (Wildman–Crippen MR) is 192 cm³/mol. The third kappa shape index (κ3) is 7.78. The molecule has 2 aliphatic rings. The molecule has 3 heterocycles. The van der Waals surface area contributed by atoms with E-state index in [2.05, 4.69) is 116 Å². The Kier molecular flexibility index (Phi) is 10.4. The minimum atomic E-state index is -2.27. The van der Waals surface area contributed by atoms with Gasteiger partial charge in [0.25, 0.3) is 0 Å². The van der Waals surface area contributed by atoms with Crippen molar-refractivity contribution in [2.24, 2.45) is 0 Å². The van der Waals surface area contributed by atoms with Gasteiger partial charge in [0.2, 0.25) is 0 Å². The highest BCUT2D eigenvalue weighted by molar-refractivity contribution is 6.75. The normalized spacial score (nSPS) is 24.6. The second-order valence-electron chi connectivity index (χ2n) is 18.0. The molecule has 2 fully saturated rings. The van der Waals surface area contributed by atoms with E-state index in [1.165, 1.54) is 12.8 Å². The molecule has 1 saturated carbocycles. The van der Waals surface area contributed by atoms with Crippen LogP contribution in [0, 0.1) is 0 Å². The maximum atomic E-state index is 7.35. The van der Waals surface area contributed by atoms with Crippen molar-refractivity contribution in [1.29, 1.82) is 0 Å². The predicted octanol–water partition coefficient (Wildman–Crippen LogP) is 8.88. The molecule has 1 saturated heterocycles. The number of fused-ring (bicyclic) bond motifs is 1. The van der Waals surface area contributed by atoms with E-state index < -0.39 is 31.2 Å². The van der Waals surface area contributed by atoms with Gasteiger partial charge in [0.1, 0.15) is 24.6 Å². The molecule has 9 nitrogen and oxygen atoms in total. The lowest BCUT2D eigenvalue weighted by atomic mass is 10.1. The fourth-order valence-corrected chi connectivity index (χ4v) is 8.90. The summed E-state index contributed by atoms with van der Waals surface area (Å²) in [6.07, 6.45) is 6.87. The third-order valence-corrected chi connectivity index (χ3v) is 25.0. The summed E-state index contributed by atoms with van der Waals surface area (Å²) in [7, 11) is -6.56. The number of nitrogens with one attached hydrogen (secondary N) is 1. The van der Waals surface area contributed by atoms with Crippen molar-refractivity contribution >= 4 is 41.9 Å². The number of nitrogens with zero attached hydrogens (tertiary/aromatic N) is 4. The van der Waals surface area contributed by atoms with Crippen LogP contribution in [0.1, 0.15) is 94.2 Å². The van der Waals surface area contributed by atoms with Gasteiger partial charge in [-0.3, -0.25) is 4.57 Å². The molecule has 4 atom stereocenters. The van der Waals surface area contributed by atoms with Gasteiger partial charge in [-0.15, -0.1) is 0 Å². The first-order valence-corrected chi connectivity index (χ1v) is 25.8. The Morgan fingerprint density at radius 3 is 1.84 bits per heavy atom. The second-order valence-corrected chi connectivity index (χ2v) is 32.3. The average molecular weight is 678 g/mol. The van der Waals surface area contributed by atoms with Gasteiger partial charge in [0.05, 0.1) is 12.9 Å². The maximum Gasteiger partial charge on any atom is 0.192 e. The van der Waals surface area contributed by atoms with Crippen molar-refractivity contribution < 1.29 is 18.0 Å². The molecule has 12 heteroatoms. The molecular weight excluding hydrogens is 615 g/mol. The van der Waals surface area contributed by atoms with E-state index in [-0.39, 0.29) is 33.4 Å². The molecule has 0 spiro atoms. The Morgan fingerprint density at radius 1 is 0.778 bits per heavy atom. The highest BCUT2D eigenvalue weighted by atomic mass is 28.4. The highest BCUT2D eigenvalue weighted by Crippen LogP contribution is 2.47. The number of imidazole rings is 1. The lowest BCUT2D eigenvalue weighted by Crippen LogP contribution is -2.54. The van der Waals surface area contributed by atoms with Crippen molar-refractivity contribution in [2.75, 3.05) is 11.9 Å². The Bertz CT molecular complexity index is 1310. The van der Waals surface area contributed by atoms with Crippen LogP contribution in [0.4, 0.5) is 5.82 Å². The molecule has 0 unspecified atom stereocenters. The summed E-state index contributed by atoms with van der Waals surface area (Å²) in [5, 5.41) is 3.76. The van der Waals surface area contributed by atoms with Crippen LogP contribution < -0.4 is 5.32 Å². The van der Waals surface area contributed by atoms with Crippen LogP contribution in [0.2, 0.25) is 54.4 Å². The number of rotatable bonds is 10. The molecular formula is C33H63N5O4Si3.